The molecule has 8 atom stereocenters. The Labute approximate surface area is 218 Å². The van der Waals surface area contributed by atoms with Gasteiger partial charge in [-0.2, -0.15) is 0 Å². The SMILES string of the molecule is CCOC(=O)C(C)(C)[C@@]1(O)CC[C@@]2(C)[C@@H](CC[C@@H]3[C@@H]2CC[C@]2(C)[C@@H](OCc4ccccc4)CC[C@@H]32)C1. The number of esters is 1. The molecule has 0 bridgehead atoms. The number of carbonyl (C=O) groups is 1. The molecule has 0 radical (unpaired) electrons. The van der Waals surface area contributed by atoms with E-state index < -0.39 is 11.0 Å². The Morgan fingerprint density at radius 1 is 0.972 bits per heavy atom. The number of hydrogen-bond donors (Lipinski definition) is 1. The average molecular weight is 497 g/mol. The van der Waals surface area contributed by atoms with Gasteiger partial charge in [-0.25, -0.2) is 0 Å². The van der Waals surface area contributed by atoms with Gasteiger partial charge in [0.15, 0.2) is 0 Å². The number of rotatable bonds is 6. The van der Waals surface area contributed by atoms with Crippen molar-refractivity contribution in [2.75, 3.05) is 6.61 Å². The number of carbonyl (C=O) groups excluding carboxylic acids is 1. The van der Waals surface area contributed by atoms with Crippen molar-refractivity contribution in [3.8, 4) is 0 Å². The van der Waals surface area contributed by atoms with Crippen LogP contribution in [-0.2, 0) is 20.9 Å². The Morgan fingerprint density at radius 3 is 2.42 bits per heavy atom. The van der Waals surface area contributed by atoms with Crippen molar-refractivity contribution in [1.82, 2.24) is 0 Å². The molecule has 0 amide bonds. The Balaban J connectivity index is 1.29. The monoisotopic (exact) mass is 496 g/mol. The molecular formula is C32H48O4. The van der Waals surface area contributed by atoms with Crippen molar-refractivity contribution in [2.45, 2.75) is 111 Å². The fourth-order valence-electron chi connectivity index (χ4n) is 9.31. The highest BCUT2D eigenvalue weighted by Gasteiger charge is 2.63. The predicted octanol–water partition coefficient (Wildman–Crippen LogP) is 6.93. The summed E-state index contributed by atoms with van der Waals surface area (Å²) in [4.78, 5) is 12.8. The van der Waals surface area contributed by atoms with Gasteiger partial charge in [0.2, 0.25) is 0 Å². The first-order valence-corrected chi connectivity index (χ1v) is 14.6. The highest BCUT2D eigenvalue weighted by molar-refractivity contribution is 5.77. The minimum absolute atomic E-state index is 0.254. The third-order valence-corrected chi connectivity index (χ3v) is 11.9. The van der Waals surface area contributed by atoms with Crippen LogP contribution in [0.25, 0.3) is 0 Å². The molecule has 4 nitrogen and oxygen atoms in total. The van der Waals surface area contributed by atoms with E-state index in [0.29, 0.717) is 25.0 Å². The molecule has 4 heteroatoms. The van der Waals surface area contributed by atoms with Gasteiger partial charge < -0.3 is 14.6 Å². The molecule has 0 saturated heterocycles. The molecule has 4 fully saturated rings. The number of ether oxygens (including phenoxy) is 2. The molecule has 4 aliphatic rings. The van der Waals surface area contributed by atoms with Crippen molar-refractivity contribution < 1.29 is 19.4 Å². The lowest BCUT2D eigenvalue weighted by Crippen LogP contribution is -2.60. The first kappa shape index (κ1) is 26.2. The van der Waals surface area contributed by atoms with Gasteiger partial charge in [0.25, 0.3) is 0 Å². The van der Waals surface area contributed by atoms with Crippen LogP contribution in [0.15, 0.2) is 30.3 Å². The zero-order valence-corrected chi connectivity index (χ0v) is 23.2. The minimum atomic E-state index is -0.983. The van der Waals surface area contributed by atoms with Crippen LogP contribution in [0.3, 0.4) is 0 Å². The van der Waals surface area contributed by atoms with Crippen LogP contribution in [-0.4, -0.2) is 29.4 Å². The fourth-order valence-corrected chi connectivity index (χ4v) is 9.31. The molecule has 5 rings (SSSR count). The summed E-state index contributed by atoms with van der Waals surface area (Å²) in [6, 6.07) is 10.6. The second-order valence-corrected chi connectivity index (χ2v) is 13.6. The molecule has 0 aliphatic heterocycles. The molecular weight excluding hydrogens is 448 g/mol. The van der Waals surface area contributed by atoms with Crippen LogP contribution in [0.1, 0.15) is 98.0 Å². The van der Waals surface area contributed by atoms with E-state index in [1.54, 1.807) is 0 Å². The molecule has 1 aromatic carbocycles. The standard InChI is InChI=1S/C32H48O4/c1-6-35-28(33)29(2,3)32(34)19-18-30(4)23(20-32)12-13-24-25-14-15-27(31(25,5)17-16-26(24)30)36-21-22-10-8-7-9-11-22/h7-11,23-27,34H,6,12-21H2,1-5H3/t23-,24-,25-,26-,27-,30-,31-,32+/m0/s1. The molecule has 4 saturated carbocycles. The maximum atomic E-state index is 12.8. The van der Waals surface area contributed by atoms with E-state index >= 15 is 0 Å². The lowest BCUT2D eigenvalue weighted by molar-refractivity contribution is -0.200. The van der Waals surface area contributed by atoms with Crippen molar-refractivity contribution in [3.63, 3.8) is 0 Å². The van der Waals surface area contributed by atoms with E-state index in [1.165, 1.54) is 44.1 Å². The summed E-state index contributed by atoms with van der Waals surface area (Å²) in [6.07, 6.45) is 10.2. The highest BCUT2D eigenvalue weighted by Crippen LogP contribution is 2.68. The first-order valence-electron chi connectivity index (χ1n) is 14.6. The van der Waals surface area contributed by atoms with Crippen molar-refractivity contribution in [1.29, 1.82) is 0 Å². The summed E-state index contributed by atoms with van der Waals surface area (Å²) in [5.74, 6) is 2.44. The second-order valence-electron chi connectivity index (χ2n) is 13.6. The van der Waals surface area contributed by atoms with Crippen LogP contribution in [0.4, 0.5) is 0 Å². The van der Waals surface area contributed by atoms with Gasteiger partial charge in [-0.1, -0.05) is 44.2 Å². The Bertz CT molecular complexity index is 943. The van der Waals surface area contributed by atoms with Gasteiger partial charge in [-0.15, -0.1) is 0 Å². The third kappa shape index (κ3) is 4.06. The van der Waals surface area contributed by atoms with Gasteiger partial charge in [-0.05, 0) is 119 Å². The average Bonchev–Trinajstić information content (AvgIpc) is 3.20. The molecule has 1 aromatic rings. The van der Waals surface area contributed by atoms with Crippen molar-refractivity contribution in [3.05, 3.63) is 35.9 Å². The van der Waals surface area contributed by atoms with Gasteiger partial charge in [0.1, 0.15) is 0 Å². The first-order chi connectivity index (χ1) is 17.0. The topological polar surface area (TPSA) is 55.8 Å². The Morgan fingerprint density at radius 2 is 1.69 bits per heavy atom. The maximum absolute atomic E-state index is 12.8. The predicted molar refractivity (Wildman–Crippen MR) is 142 cm³/mol. The summed E-state index contributed by atoms with van der Waals surface area (Å²) in [5.41, 5.74) is -0.0544. The third-order valence-electron chi connectivity index (χ3n) is 11.9. The summed E-state index contributed by atoms with van der Waals surface area (Å²) >= 11 is 0. The maximum Gasteiger partial charge on any atom is 0.314 e. The molecule has 0 heterocycles. The number of aliphatic hydroxyl groups is 1. The highest BCUT2D eigenvalue weighted by atomic mass is 16.5. The summed E-state index contributed by atoms with van der Waals surface area (Å²) in [5, 5.41) is 11.8. The zero-order chi connectivity index (χ0) is 25.8. The minimum Gasteiger partial charge on any atom is -0.465 e. The van der Waals surface area contributed by atoms with Crippen molar-refractivity contribution >= 4 is 5.97 Å². The van der Waals surface area contributed by atoms with E-state index in [0.717, 1.165) is 37.2 Å². The normalized spacial score (nSPS) is 42.2. The van der Waals surface area contributed by atoms with E-state index in [9.17, 15) is 9.90 Å². The number of fused-ring (bicyclic) bond motifs is 5. The van der Waals surface area contributed by atoms with Crippen LogP contribution in [0, 0.1) is 39.9 Å². The summed E-state index contributed by atoms with van der Waals surface area (Å²) < 4.78 is 12.0. The molecule has 0 unspecified atom stereocenters. The number of hydrogen-bond acceptors (Lipinski definition) is 4. The van der Waals surface area contributed by atoms with Gasteiger partial charge in [0, 0.05) is 0 Å². The molecule has 0 spiro atoms. The Hall–Kier alpha value is -1.39. The lowest BCUT2D eigenvalue weighted by atomic mass is 9.43. The summed E-state index contributed by atoms with van der Waals surface area (Å²) in [7, 11) is 0. The van der Waals surface area contributed by atoms with E-state index in [4.69, 9.17) is 9.47 Å². The zero-order valence-electron chi connectivity index (χ0n) is 23.2. The lowest BCUT2D eigenvalue weighted by Gasteiger charge is -2.63. The Kier molecular flexibility index (Phi) is 6.86. The van der Waals surface area contributed by atoms with Crippen LogP contribution in [0.2, 0.25) is 0 Å². The molecule has 0 aromatic heterocycles. The number of benzene rings is 1. The van der Waals surface area contributed by atoms with Gasteiger partial charge >= 0.3 is 5.97 Å². The molecule has 4 aliphatic carbocycles. The molecule has 1 N–H and O–H groups in total. The quantitative estimate of drug-likeness (QED) is 0.434. The van der Waals surface area contributed by atoms with Crippen LogP contribution < -0.4 is 0 Å². The smallest absolute Gasteiger partial charge is 0.314 e. The van der Waals surface area contributed by atoms with E-state index in [1.807, 2.05) is 20.8 Å². The summed E-state index contributed by atoms with van der Waals surface area (Å²) in [6.45, 7) is 11.7. The molecule has 200 valence electrons. The van der Waals surface area contributed by atoms with Crippen molar-refractivity contribution in [2.24, 2.45) is 39.9 Å². The van der Waals surface area contributed by atoms with Gasteiger partial charge in [0.05, 0.1) is 30.3 Å². The largest absolute Gasteiger partial charge is 0.465 e. The van der Waals surface area contributed by atoms with E-state index in [-0.39, 0.29) is 16.8 Å². The van der Waals surface area contributed by atoms with Gasteiger partial charge in [-0.3, -0.25) is 4.79 Å². The van der Waals surface area contributed by atoms with E-state index in [2.05, 4.69) is 44.2 Å². The van der Waals surface area contributed by atoms with Crippen LogP contribution >= 0.6 is 0 Å². The van der Waals surface area contributed by atoms with Crippen LogP contribution in [0.5, 0.6) is 0 Å². The second kappa shape index (κ2) is 9.42. The fraction of sp³-hybridized carbons (Fsp3) is 0.781. The molecule has 36 heavy (non-hydrogen) atoms.